The van der Waals surface area contributed by atoms with E-state index in [-0.39, 0.29) is 17.0 Å². The molecule has 0 fully saturated rings. The third-order valence-corrected chi connectivity index (χ3v) is 3.79. The van der Waals surface area contributed by atoms with Crippen LogP contribution in [0.15, 0.2) is 41.3 Å². The first-order chi connectivity index (χ1) is 9.63. The highest BCUT2D eigenvalue weighted by Gasteiger charge is 2.22. The maximum atomic E-state index is 12.1. The Morgan fingerprint density at radius 2 is 1.90 bits per heavy atom. The third kappa shape index (κ3) is 2.47. The highest BCUT2D eigenvalue weighted by atomic mass is 35.5. The highest BCUT2D eigenvalue weighted by Crippen LogP contribution is 2.21. The van der Waals surface area contributed by atoms with Crippen LogP contribution in [0.25, 0.3) is 0 Å². The number of pyridine rings is 1. The van der Waals surface area contributed by atoms with Crippen LogP contribution in [0.1, 0.15) is 21.5 Å². The molecule has 102 valence electrons. The summed E-state index contributed by atoms with van der Waals surface area (Å²) >= 11 is 5.72. The molecule has 0 radical (unpaired) electrons. The van der Waals surface area contributed by atoms with Crippen molar-refractivity contribution in [3.05, 3.63) is 68.6 Å². The van der Waals surface area contributed by atoms with Gasteiger partial charge in [0.1, 0.15) is 5.02 Å². The van der Waals surface area contributed by atoms with Crippen molar-refractivity contribution in [2.24, 2.45) is 0 Å². The number of hydrogen-bond acceptors (Lipinski definition) is 2. The zero-order chi connectivity index (χ0) is 14.1. The van der Waals surface area contributed by atoms with Crippen LogP contribution in [0.3, 0.4) is 0 Å². The molecule has 0 spiro atoms. The molecule has 3 rings (SSSR count). The molecular weight excluding hydrogens is 276 g/mol. The molecule has 20 heavy (non-hydrogen) atoms. The number of carbonyl (C=O) groups is 1. The first-order valence-electron chi connectivity index (χ1n) is 6.39. The summed E-state index contributed by atoms with van der Waals surface area (Å²) in [5.41, 5.74) is 2.52. The van der Waals surface area contributed by atoms with E-state index in [2.05, 4.69) is 22.4 Å². The van der Waals surface area contributed by atoms with Gasteiger partial charge in [0.15, 0.2) is 0 Å². The molecule has 5 heteroatoms. The number of benzene rings is 1. The van der Waals surface area contributed by atoms with Crippen LogP contribution >= 0.6 is 11.6 Å². The first-order valence-corrected chi connectivity index (χ1v) is 6.77. The van der Waals surface area contributed by atoms with Crippen molar-refractivity contribution in [1.82, 2.24) is 10.3 Å². The van der Waals surface area contributed by atoms with E-state index in [4.69, 9.17) is 11.6 Å². The number of rotatable bonds is 2. The Hall–Kier alpha value is -2.07. The van der Waals surface area contributed by atoms with Gasteiger partial charge >= 0.3 is 0 Å². The average molecular weight is 289 g/mol. The summed E-state index contributed by atoms with van der Waals surface area (Å²) in [6.07, 6.45) is 3.05. The van der Waals surface area contributed by atoms with Crippen molar-refractivity contribution in [3.63, 3.8) is 0 Å². The number of nitrogens with one attached hydrogen (secondary N) is 2. The predicted molar refractivity (Wildman–Crippen MR) is 77.2 cm³/mol. The summed E-state index contributed by atoms with van der Waals surface area (Å²) in [6, 6.07) is 9.65. The quantitative estimate of drug-likeness (QED) is 0.887. The lowest BCUT2D eigenvalue weighted by atomic mass is 10.1. The summed E-state index contributed by atoms with van der Waals surface area (Å²) in [4.78, 5) is 25.7. The van der Waals surface area contributed by atoms with E-state index < -0.39 is 5.56 Å². The molecule has 1 aliphatic rings. The van der Waals surface area contributed by atoms with E-state index in [1.54, 1.807) is 0 Å². The smallest absolute Gasteiger partial charge is 0.266 e. The number of H-pyrrole nitrogens is 1. The summed E-state index contributed by atoms with van der Waals surface area (Å²) in [7, 11) is 0. The van der Waals surface area contributed by atoms with Gasteiger partial charge in [-0.1, -0.05) is 35.9 Å². The predicted octanol–water partition coefficient (Wildman–Crippen LogP) is 1.93. The van der Waals surface area contributed by atoms with Gasteiger partial charge in [-0.05, 0) is 30.0 Å². The van der Waals surface area contributed by atoms with Crippen molar-refractivity contribution < 1.29 is 4.79 Å². The number of halogens is 1. The van der Waals surface area contributed by atoms with Crippen LogP contribution in [0.2, 0.25) is 5.02 Å². The Bertz CT molecular complexity index is 699. The Labute approximate surface area is 120 Å². The molecule has 0 saturated carbocycles. The van der Waals surface area contributed by atoms with Crippen molar-refractivity contribution in [3.8, 4) is 0 Å². The minimum atomic E-state index is -0.392. The van der Waals surface area contributed by atoms with Crippen LogP contribution in [-0.2, 0) is 12.8 Å². The van der Waals surface area contributed by atoms with Crippen molar-refractivity contribution in [1.29, 1.82) is 0 Å². The maximum absolute atomic E-state index is 12.1. The second-order valence-corrected chi connectivity index (χ2v) is 5.32. The molecule has 0 bridgehead atoms. The van der Waals surface area contributed by atoms with Gasteiger partial charge in [-0.25, -0.2) is 0 Å². The van der Waals surface area contributed by atoms with Crippen LogP contribution in [0, 0.1) is 0 Å². The fourth-order valence-electron chi connectivity index (χ4n) is 2.52. The Morgan fingerprint density at radius 1 is 1.25 bits per heavy atom. The lowest BCUT2D eigenvalue weighted by Crippen LogP contribution is -2.35. The summed E-state index contributed by atoms with van der Waals surface area (Å²) in [5, 5.41) is 2.99. The van der Waals surface area contributed by atoms with Gasteiger partial charge in [-0.2, -0.15) is 0 Å². The van der Waals surface area contributed by atoms with Crippen LogP contribution in [0.5, 0.6) is 0 Å². The molecule has 0 unspecified atom stereocenters. The fourth-order valence-corrected chi connectivity index (χ4v) is 2.69. The van der Waals surface area contributed by atoms with E-state index in [1.807, 2.05) is 12.1 Å². The van der Waals surface area contributed by atoms with Crippen molar-refractivity contribution in [2.45, 2.75) is 18.9 Å². The van der Waals surface area contributed by atoms with Crippen LogP contribution < -0.4 is 10.9 Å². The van der Waals surface area contributed by atoms with Gasteiger partial charge in [-0.15, -0.1) is 0 Å². The van der Waals surface area contributed by atoms with Gasteiger partial charge in [0.2, 0.25) is 0 Å². The molecule has 4 nitrogen and oxygen atoms in total. The summed E-state index contributed by atoms with van der Waals surface area (Å²) in [5.74, 6) is -0.221. The normalized spacial score (nSPS) is 14.1. The van der Waals surface area contributed by atoms with Gasteiger partial charge in [0.05, 0.1) is 5.56 Å². The topological polar surface area (TPSA) is 62.0 Å². The second kappa shape index (κ2) is 5.13. The highest BCUT2D eigenvalue weighted by molar-refractivity contribution is 6.30. The van der Waals surface area contributed by atoms with E-state index in [9.17, 15) is 9.59 Å². The zero-order valence-electron chi connectivity index (χ0n) is 10.7. The number of hydrogen-bond donors (Lipinski definition) is 2. The number of carbonyl (C=O) groups excluding carboxylic acids is 1. The van der Waals surface area contributed by atoms with Crippen molar-refractivity contribution in [2.75, 3.05) is 0 Å². The fraction of sp³-hybridized carbons (Fsp3) is 0.200. The standard InChI is InChI=1S/C15H13ClN2O2/c16-13-7-11(8-17-15(13)20)14(19)18-12-5-9-3-1-2-4-10(9)6-12/h1-4,7-8,12H,5-6H2,(H,17,20)(H,18,19). The summed E-state index contributed by atoms with van der Waals surface area (Å²) < 4.78 is 0. The molecule has 1 aromatic heterocycles. The Kier molecular flexibility index (Phi) is 3.32. The van der Waals surface area contributed by atoms with E-state index >= 15 is 0 Å². The first kappa shape index (κ1) is 12.9. The number of aromatic nitrogens is 1. The molecule has 1 heterocycles. The van der Waals surface area contributed by atoms with Gasteiger partial charge in [0.25, 0.3) is 11.5 Å². The number of amides is 1. The van der Waals surface area contributed by atoms with Crippen LogP contribution in [0.4, 0.5) is 0 Å². The minimum Gasteiger partial charge on any atom is -0.349 e. The SMILES string of the molecule is O=C(NC1Cc2ccccc2C1)c1c[nH]c(=O)c(Cl)c1. The van der Waals surface area contributed by atoms with Crippen molar-refractivity contribution >= 4 is 17.5 Å². The molecule has 0 atom stereocenters. The lowest BCUT2D eigenvalue weighted by molar-refractivity contribution is 0.0938. The zero-order valence-corrected chi connectivity index (χ0v) is 11.4. The third-order valence-electron chi connectivity index (χ3n) is 3.51. The second-order valence-electron chi connectivity index (χ2n) is 4.91. The van der Waals surface area contributed by atoms with E-state index in [1.165, 1.54) is 23.4 Å². The Balaban J connectivity index is 1.72. The van der Waals surface area contributed by atoms with E-state index in [0.717, 1.165) is 12.8 Å². The van der Waals surface area contributed by atoms with E-state index in [0.29, 0.717) is 5.56 Å². The minimum absolute atomic E-state index is 0.0207. The Morgan fingerprint density at radius 3 is 2.50 bits per heavy atom. The largest absolute Gasteiger partial charge is 0.349 e. The maximum Gasteiger partial charge on any atom is 0.266 e. The number of fused-ring (bicyclic) bond motifs is 1. The molecule has 1 aliphatic carbocycles. The molecule has 2 N–H and O–H groups in total. The van der Waals surface area contributed by atoms with Crippen LogP contribution in [-0.4, -0.2) is 16.9 Å². The molecule has 1 amide bonds. The van der Waals surface area contributed by atoms with Gasteiger partial charge in [-0.3, -0.25) is 9.59 Å². The molecular formula is C15H13ClN2O2. The number of aromatic amines is 1. The average Bonchev–Trinajstić information content (AvgIpc) is 2.83. The molecule has 0 aliphatic heterocycles. The molecule has 1 aromatic carbocycles. The monoisotopic (exact) mass is 288 g/mol. The lowest BCUT2D eigenvalue weighted by Gasteiger charge is -2.11. The van der Waals surface area contributed by atoms with Gasteiger partial charge in [0, 0.05) is 12.2 Å². The molecule has 0 saturated heterocycles. The summed E-state index contributed by atoms with van der Waals surface area (Å²) in [6.45, 7) is 0. The molecule has 2 aromatic rings. The van der Waals surface area contributed by atoms with Gasteiger partial charge < -0.3 is 10.3 Å².